The van der Waals surface area contributed by atoms with Crippen LogP contribution in [-0.4, -0.2) is 5.16 Å². The summed E-state index contributed by atoms with van der Waals surface area (Å²) in [5.41, 5.74) is 0.756. The molecule has 1 saturated carbocycles. The van der Waals surface area contributed by atoms with Crippen LogP contribution < -0.4 is 0 Å². The van der Waals surface area contributed by atoms with Gasteiger partial charge in [0.05, 0.1) is 5.16 Å². The highest BCUT2D eigenvalue weighted by Crippen LogP contribution is 2.37. The number of thiocarbonyl (C=S) groups is 1. The van der Waals surface area contributed by atoms with Crippen LogP contribution in [0.4, 0.5) is 18.9 Å². The Morgan fingerprint density at radius 2 is 1.60 bits per heavy atom. The first-order valence-electron chi connectivity index (χ1n) is 8.36. The van der Waals surface area contributed by atoms with Gasteiger partial charge in [-0.05, 0) is 66.2 Å². The lowest BCUT2D eigenvalue weighted by molar-refractivity contribution is 0.347. The van der Waals surface area contributed by atoms with Crippen molar-refractivity contribution in [3.8, 4) is 11.1 Å². The normalized spacial score (nSPS) is 20.2. The lowest BCUT2D eigenvalue weighted by atomic mass is 9.79. The van der Waals surface area contributed by atoms with Gasteiger partial charge in [0.25, 0.3) is 0 Å². The summed E-state index contributed by atoms with van der Waals surface area (Å²) in [5, 5.41) is 1.94. The second-order valence-electron chi connectivity index (χ2n) is 6.69. The quantitative estimate of drug-likeness (QED) is 0.433. The zero-order valence-corrected chi connectivity index (χ0v) is 14.7. The van der Waals surface area contributed by atoms with Crippen molar-refractivity contribution in [2.45, 2.75) is 38.5 Å². The fourth-order valence-corrected chi connectivity index (χ4v) is 3.58. The van der Waals surface area contributed by atoms with E-state index in [1.54, 1.807) is 6.07 Å². The first-order valence-corrected chi connectivity index (χ1v) is 8.77. The van der Waals surface area contributed by atoms with Gasteiger partial charge in [-0.3, -0.25) is 0 Å². The van der Waals surface area contributed by atoms with E-state index < -0.39 is 23.1 Å². The van der Waals surface area contributed by atoms with E-state index in [9.17, 15) is 13.2 Å². The third-order valence-corrected chi connectivity index (χ3v) is 5.06. The summed E-state index contributed by atoms with van der Waals surface area (Å²) in [6.45, 7) is 2.24. The summed E-state index contributed by atoms with van der Waals surface area (Å²) in [6, 6.07) is 7.08. The molecule has 1 aliphatic rings. The predicted molar refractivity (Wildman–Crippen MR) is 96.8 cm³/mol. The Morgan fingerprint density at radius 3 is 2.16 bits per heavy atom. The molecular formula is C20H18F3NS. The highest BCUT2D eigenvalue weighted by molar-refractivity contribution is 7.78. The Labute approximate surface area is 150 Å². The first-order chi connectivity index (χ1) is 12.0. The molecule has 3 rings (SSSR count). The summed E-state index contributed by atoms with van der Waals surface area (Å²) in [6.07, 6.45) is 4.39. The average Bonchev–Trinajstić information content (AvgIpc) is 2.58. The molecule has 0 bridgehead atoms. The molecule has 0 unspecified atom stereocenters. The van der Waals surface area contributed by atoms with Gasteiger partial charge in [-0.25, -0.2) is 13.2 Å². The molecule has 0 radical (unpaired) electrons. The van der Waals surface area contributed by atoms with Gasteiger partial charge >= 0.3 is 0 Å². The lowest BCUT2D eigenvalue weighted by Crippen LogP contribution is -2.11. The Bertz CT molecular complexity index is 812. The highest BCUT2D eigenvalue weighted by Gasteiger charge is 2.21. The molecule has 130 valence electrons. The molecule has 0 heterocycles. The summed E-state index contributed by atoms with van der Waals surface area (Å²) in [5.74, 6) is -1.18. The van der Waals surface area contributed by atoms with Gasteiger partial charge in [0.1, 0.15) is 11.5 Å². The molecule has 0 spiro atoms. The fourth-order valence-electron chi connectivity index (χ4n) is 3.49. The maximum absolute atomic E-state index is 14.6. The van der Waals surface area contributed by atoms with Gasteiger partial charge < -0.3 is 0 Å². The summed E-state index contributed by atoms with van der Waals surface area (Å²) in [4.78, 5) is 3.37. The fraction of sp³-hybridized carbons (Fsp3) is 0.350. The summed E-state index contributed by atoms with van der Waals surface area (Å²) >= 11 is 4.37. The number of isothiocyanates is 1. The Kier molecular flexibility index (Phi) is 5.36. The molecule has 1 nitrogen and oxygen atoms in total. The second kappa shape index (κ2) is 7.51. The van der Waals surface area contributed by atoms with Crippen LogP contribution in [-0.2, 0) is 0 Å². The largest absolute Gasteiger partial charge is 0.206 e. The molecule has 2 aromatic carbocycles. The van der Waals surface area contributed by atoms with E-state index in [0.29, 0.717) is 5.92 Å². The van der Waals surface area contributed by atoms with Crippen molar-refractivity contribution in [2.24, 2.45) is 10.9 Å². The van der Waals surface area contributed by atoms with Crippen molar-refractivity contribution < 1.29 is 13.2 Å². The molecule has 1 aliphatic carbocycles. The van der Waals surface area contributed by atoms with E-state index >= 15 is 0 Å². The minimum Gasteiger partial charge on any atom is -0.206 e. The molecule has 0 saturated heterocycles. The Hall–Kier alpha value is -1.97. The number of hydrogen-bond donors (Lipinski definition) is 0. The number of rotatable bonds is 3. The predicted octanol–water partition coefficient (Wildman–Crippen LogP) is 6.80. The third kappa shape index (κ3) is 3.83. The van der Waals surface area contributed by atoms with Crippen LogP contribution in [0.25, 0.3) is 11.1 Å². The monoisotopic (exact) mass is 361 g/mol. The minimum atomic E-state index is -0.892. The van der Waals surface area contributed by atoms with Gasteiger partial charge in [0.2, 0.25) is 0 Å². The molecular weight excluding hydrogens is 343 g/mol. The maximum Gasteiger partial charge on any atom is 0.153 e. The van der Waals surface area contributed by atoms with Crippen LogP contribution in [0.3, 0.4) is 0 Å². The Morgan fingerprint density at radius 1 is 0.960 bits per heavy atom. The minimum absolute atomic E-state index is 0.139. The van der Waals surface area contributed by atoms with E-state index in [1.807, 2.05) is 11.2 Å². The molecule has 1 fully saturated rings. The van der Waals surface area contributed by atoms with Crippen LogP contribution >= 0.6 is 12.2 Å². The van der Waals surface area contributed by atoms with Crippen LogP contribution in [0.15, 0.2) is 35.3 Å². The maximum atomic E-state index is 14.6. The van der Waals surface area contributed by atoms with Gasteiger partial charge in [0.15, 0.2) is 11.6 Å². The average molecular weight is 361 g/mol. The smallest absolute Gasteiger partial charge is 0.153 e. The Balaban J connectivity index is 1.92. The summed E-state index contributed by atoms with van der Waals surface area (Å²) < 4.78 is 42.5. The molecule has 0 atom stereocenters. The number of halogens is 3. The van der Waals surface area contributed by atoms with Crippen molar-refractivity contribution in [3.05, 3.63) is 53.3 Å². The van der Waals surface area contributed by atoms with Crippen LogP contribution in [0.1, 0.15) is 44.1 Å². The van der Waals surface area contributed by atoms with Crippen molar-refractivity contribution in [3.63, 3.8) is 0 Å². The topological polar surface area (TPSA) is 12.4 Å². The zero-order chi connectivity index (χ0) is 18.0. The zero-order valence-electron chi connectivity index (χ0n) is 13.9. The van der Waals surface area contributed by atoms with Crippen molar-refractivity contribution in [1.29, 1.82) is 0 Å². The van der Waals surface area contributed by atoms with E-state index in [0.717, 1.165) is 49.3 Å². The van der Waals surface area contributed by atoms with Gasteiger partial charge in [-0.2, -0.15) is 4.99 Å². The van der Waals surface area contributed by atoms with E-state index in [2.05, 4.69) is 24.1 Å². The lowest BCUT2D eigenvalue weighted by Gasteiger charge is -2.26. The standard InChI is InChI=1S/C20H18F3NS/c1-12-2-4-13(5-3-12)14-6-7-16(17(21)8-14)15-9-18(22)20(24-11-25)19(23)10-15/h6-10,12-13H,2-5H2,1H3. The van der Waals surface area contributed by atoms with Gasteiger partial charge in [-0.15, -0.1) is 0 Å². The molecule has 0 N–H and O–H groups in total. The first kappa shape index (κ1) is 17.8. The van der Waals surface area contributed by atoms with Crippen molar-refractivity contribution >= 4 is 23.1 Å². The SMILES string of the molecule is CC1CCC(c2ccc(-c3cc(F)c(N=C=S)c(F)c3)c(F)c2)CC1. The molecule has 0 aliphatic heterocycles. The number of hydrogen-bond acceptors (Lipinski definition) is 2. The van der Waals surface area contributed by atoms with Gasteiger partial charge in [0, 0.05) is 5.56 Å². The number of benzene rings is 2. The van der Waals surface area contributed by atoms with Crippen molar-refractivity contribution in [1.82, 2.24) is 0 Å². The van der Waals surface area contributed by atoms with Crippen LogP contribution in [0, 0.1) is 23.4 Å². The molecule has 2 aromatic rings. The third-order valence-electron chi connectivity index (χ3n) is 4.97. The number of aliphatic imine (C=N–C) groups is 1. The highest BCUT2D eigenvalue weighted by atomic mass is 32.1. The van der Waals surface area contributed by atoms with Crippen LogP contribution in [0.2, 0.25) is 0 Å². The summed E-state index contributed by atoms with van der Waals surface area (Å²) in [7, 11) is 0. The molecule has 0 amide bonds. The second-order valence-corrected chi connectivity index (χ2v) is 6.87. The van der Waals surface area contributed by atoms with Crippen LogP contribution in [0.5, 0.6) is 0 Å². The molecule has 0 aromatic heterocycles. The van der Waals surface area contributed by atoms with Crippen molar-refractivity contribution in [2.75, 3.05) is 0 Å². The van der Waals surface area contributed by atoms with E-state index in [-0.39, 0.29) is 11.1 Å². The molecule has 5 heteroatoms. The van der Waals surface area contributed by atoms with E-state index in [4.69, 9.17) is 0 Å². The van der Waals surface area contributed by atoms with Gasteiger partial charge in [-0.1, -0.05) is 31.9 Å². The number of nitrogens with zero attached hydrogens (tertiary/aromatic N) is 1. The molecule has 25 heavy (non-hydrogen) atoms. The van der Waals surface area contributed by atoms with E-state index in [1.165, 1.54) is 6.07 Å².